The van der Waals surface area contributed by atoms with E-state index in [0.29, 0.717) is 17.0 Å². The van der Waals surface area contributed by atoms with Crippen LogP contribution in [-0.4, -0.2) is 9.97 Å². The molecule has 0 amide bonds. The zero-order valence-corrected chi connectivity index (χ0v) is 17.8. The fourth-order valence-corrected chi connectivity index (χ4v) is 3.13. The van der Waals surface area contributed by atoms with E-state index in [2.05, 4.69) is 18.5 Å². The average molecular weight is 433 g/mol. The van der Waals surface area contributed by atoms with E-state index in [1.165, 1.54) is 12.1 Å². The minimum absolute atomic E-state index is 0.370. The van der Waals surface area contributed by atoms with Crippen LogP contribution in [0.15, 0.2) is 67.4 Å². The van der Waals surface area contributed by atoms with Gasteiger partial charge in [-0.25, -0.2) is 4.98 Å². The quantitative estimate of drug-likeness (QED) is 0.397. The Labute approximate surface area is 180 Å². The first-order valence-corrected chi connectivity index (χ1v) is 10.0. The van der Waals surface area contributed by atoms with E-state index in [4.69, 9.17) is 16.6 Å². The van der Waals surface area contributed by atoms with Crippen LogP contribution in [0, 0.1) is 0 Å². The van der Waals surface area contributed by atoms with Crippen LogP contribution in [0.1, 0.15) is 43.6 Å². The van der Waals surface area contributed by atoms with Gasteiger partial charge in [-0.3, -0.25) is 4.98 Å². The van der Waals surface area contributed by atoms with Crippen molar-refractivity contribution in [3.8, 4) is 11.3 Å². The molecule has 6 heteroatoms. The molecule has 2 aromatic rings. The zero-order valence-electron chi connectivity index (χ0n) is 17.0. The molecule has 0 aliphatic carbocycles. The summed E-state index contributed by atoms with van der Waals surface area (Å²) in [4.78, 5) is 9.32. The van der Waals surface area contributed by atoms with Crippen LogP contribution in [0.3, 0.4) is 0 Å². The van der Waals surface area contributed by atoms with Gasteiger partial charge in [0, 0.05) is 17.3 Å². The van der Waals surface area contributed by atoms with Crippen molar-refractivity contribution in [1.82, 2.24) is 9.97 Å². The molecule has 0 aliphatic heterocycles. The number of rotatable bonds is 8. The number of halogens is 4. The molecule has 1 heterocycles. The highest BCUT2D eigenvalue weighted by molar-refractivity contribution is 6.31. The van der Waals surface area contributed by atoms with Crippen LogP contribution < -0.4 is 0 Å². The fraction of sp³-hybridized carbons (Fsp3) is 0.250. The lowest BCUT2D eigenvalue weighted by molar-refractivity contribution is -0.137. The molecule has 0 fully saturated rings. The number of benzene rings is 1. The Hall–Kier alpha value is -2.66. The second kappa shape index (κ2) is 10.9. The van der Waals surface area contributed by atoms with Gasteiger partial charge in [-0.2, -0.15) is 13.2 Å². The van der Waals surface area contributed by atoms with E-state index < -0.39 is 11.7 Å². The van der Waals surface area contributed by atoms with E-state index >= 15 is 0 Å². The predicted octanol–water partition coefficient (Wildman–Crippen LogP) is 7.86. The highest BCUT2D eigenvalue weighted by Gasteiger charge is 2.33. The summed E-state index contributed by atoms with van der Waals surface area (Å²) < 4.78 is 39.3. The molecule has 2 nitrogen and oxygen atoms in total. The average Bonchev–Trinajstić information content (AvgIpc) is 2.70. The molecular formula is C24H24ClF3N2. The summed E-state index contributed by atoms with van der Waals surface area (Å²) in [7, 11) is 0. The first kappa shape index (κ1) is 23.6. The van der Waals surface area contributed by atoms with Gasteiger partial charge < -0.3 is 0 Å². The minimum atomic E-state index is -4.51. The first-order valence-electron chi connectivity index (χ1n) is 9.67. The molecule has 0 bridgehead atoms. The highest BCUT2D eigenvalue weighted by atomic mass is 35.5. The summed E-state index contributed by atoms with van der Waals surface area (Å²) in [5, 5.41) is -0.370. The molecule has 1 aromatic heterocycles. The second-order valence-electron chi connectivity index (χ2n) is 6.60. The minimum Gasteiger partial charge on any atom is -0.252 e. The molecule has 0 saturated carbocycles. The van der Waals surface area contributed by atoms with Crippen LogP contribution in [-0.2, 0) is 12.6 Å². The normalized spacial score (nSPS) is 12.8. The van der Waals surface area contributed by atoms with Crippen LogP contribution in [0.4, 0.5) is 13.2 Å². The molecule has 1 aromatic carbocycles. The van der Waals surface area contributed by atoms with Gasteiger partial charge >= 0.3 is 6.18 Å². The lowest BCUT2D eigenvalue weighted by Gasteiger charge is -2.14. The molecule has 0 radical (unpaired) electrons. The Bertz CT molecular complexity index is 973. The molecular weight excluding hydrogens is 409 g/mol. The summed E-state index contributed by atoms with van der Waals surface area (Å²) in [5.74, 6) is 0. The van der Waals surface area contributed by atoms with Crippen molar-refractivity contribution in [2.45, 2.75) is 39.3 Å². The number of hydrogen-bond donors (Lipinski definition) is 0. The third-order valence-corrected chi connectivity index (χ3v) is 4.61. The maximum absolute atomic E-state index is 13.1. The SMILES string of the molecule is C=C/C=C/C=C(\C=C/C)c1nc(CCCC)cnc1-c1ccc(C(F)(F)F)c(Cl)c1. The van der Waals surface area contributed by atoms with Crippen LogP contribution in [0.2, 0.25) is 5.02 Å². The molecule has 0 atom stereocenters. The van der Waals surface area contributed by atoms with Gasteiger partial charge in [0.2, 0.25) is 0 Å². The topological polar surface area (TPSA) is 25.8 Å². The third-order valence-electron chi connectivity index (χ3n) is 4.30. The molecule has 0 spiro atoms. The van der Waals surface area contributed by atoms with Crippen molar-refractivity contribution in [3.05, 3.63) is 89.4 Å². The van der Waals surface area contributed by atoms with E-state index in [9.17, 15) is 13.2 Å². The van der Waals surface area contributed by atoms with E-state index in [1.54, 1.807) is 18.3 Å². The summed E-state index contributed by atoms with van der Waals surface area (Å²) in [6, 6.07) is 3.64. The standard InChI is InChI=1S/C24H24ClF3N2/c1-4-7-9-11-17(10-6-3)23-22(29-16-19(30-23)12-8-5-2)18-13-14-20(21(25)15-18)24(26,27)28/h4,6-7,9-11,13-16H,1,5,8,12H2,2-3H3/b9-7+,10-6-,17-11+. The number of unbranched alkanes of at least 4 members (excludes halogenated alkanes) is 1. The smallest absolute Gasteiger partial charge is 0.252 e. The van der Waals surface area contributed by atoms with Crippen molar-refractivity contribution in [1.29, 1.82) is 0 Å². The highest BCUT2D eigenvalue weighted by Crippen LogP contribution is 2.37. The molecule has 0 N–H and O–H groups in total. The van der Waals surface area contributed by atoms with Crippen LogP contribution >= 0.6 is 11.6 Å². The largest absolute Gasteiger partial charge is 0.417 e. The van der Waals surface area contributed by atoms with Crippen LogP contribution in [0.5, 0.6) is 0 Å². The molecule has 0 aliphatic rings. The van der Waals surface area contributed by atoms with E-state index in [1.807, 2.05) is 31.2 Å². The summed E-state index contributed by atoms with van der Waals surface area (Å²) in [5.41, 5.74) is 2.28. The summed E-state index contributed by atoms with van der Waals surface area (Å²) in [6.45, 7) is 7.64. The van der Waals surface area contributed by atoms with Gasteiger partial charge in [-0.15, -0.1) is 0 Å². The van der Waals surface area contributed by atoms with Crippen LogP contribution in [0.25, 0.3) is 16.8 Å². The van der Waals surface area contributed by atoms with Gasteiger partial charge in [0.25, 0.3) is 0 Å². The maximum atomic E-state index is 13.1. The molecule has 0 saturated heterocycles. The molecule has 30 heavy (non-hydrogen) atoms. The number of alkyl halides is 3. The third kappa shape index (κ3) is 6.17. The lowest BCUT2D eigenvalue weighted by Crippen LogP contribution is -2.06. The fourth-order valence-electron chi connectivity index (χ4n) is 2.84. The van der Waals surface area contributed by atoms with Crippen molar-refractivity contribution in [3.63, 3.8) is 0 Å². The molecule has 2 rings (SSSR count). The monoisotopic (exact) mass is 432 g/mol. The second-order valence-corrected chi connectivity index (χ2v) is 7.00. The Morgan fingerprint density at radius 3 is 2.60 bits per heavy atom. The van der Waals surface area contributed by atoms with Gasteiger partial charge in [0.1, 0.15) is 0 Å². The van der Waals surface area contributed by atoms with Gasteiger partial charge in [-0.05, 0) is 31.9 Å². The van der Waals surface area contributed by atoms with Crippen molar-refractivity contribution < 1.29 is 13.2 Å². The Morgan fingerprint density at radius 2 is 2.00 bits per heavy atom. The van der Waals surface area contributed by atoms with E-state index in [-0.39, 0.29) is 5.02 Å². The number of aromatic nitrogens is 2. The van der Waals surface area contributed by atoms with Gasteiger partial charge in [0.05, 0.1) is 27.7 Å². The van der Waals surface area contributed by atoms with Gasteiger partial charge in [0.15, 0.2) is 0 Å². The Balaban J connectivity index is 2.66. The summed E-state index contributed by atoms with van der Waals surface area (Å²) in [6.07, 6.45) is 10.8. The zero-order chi connectivity index (χ0) is 22.1. The maximum Gasteiger partial charge on any atom is 0.417 e. The number of hydrogen-bond acceptors (Lipinski definition) is 2. The number of nitrogens with zero attached hydrogens (tertiary/aromatic N) is 2. The Kier molecular flexibility index (Phi) is 8.60. The summed E-state index contributed by atoms with van der Waals surface area (Å²) >= 11 is 5.94. The van der Waals surface area contributed by atoms with E-state index in [0.717, 1.165) is 36.6 Å². The molecule has 0 unspecified atom stereocenters. The Morgan fingerprint density at radius 1 is 1.23 bits per heavy atom. The first-order chi connectivity index (χ1) is 14.3. The molecule has 158 valence electrons. The van der Waals surface area contributed by atoms with Crippen molar-refractivity contribution in [2.75, 3.05) is 0 Å². The predicted molar refractivity (Wildman–Crippen MR) is 118 cm³/mol. The number of aryl methyl sites for hydroxylation is 1. The van der Waals surface area contributed by atoms with Crippen molar-refractivity contribution in [2.24, 2.45) is 0 Å². The number of allylic oxidation sites excluding steroid dienone is 7. The lowest BCUT2D eigenvalue weighted by atomic mass is 10.0. The van der Waals surface area contributed by atoms with Crippen molar-refractivity contribution >= 4 is 17.2 Å². The van der Waals surface area contributed by atoms with Gasteiger partial charge in [-0.1, -0.05) is 74.0 Å².